The third-order valence-corrected chi connectivity index (χ3v) is 5.03. The number of nitrogens with zero attached hydrogens (tertiary/aromatic N) is 1. The van der Waals surface area contributed by atoms with Crippen LogP contribution in [0.3, 0.4) is 0 Å². The monoisotopic (exact) mass is 285 g/mol. The van der Waals surface area contributed by atoms with Gasteiger partial charge in [-0.05, 0) is 38.3 Å². The van der Waals surface area contributed by atoms with Gasteiger partial charge in [-0.25, -0.2) is 0 Å². The molecule has 2 saturated heterocycles. The van der Waals surface area contributed by atoms with Crippen LogP contribution in [0.1, 0.15) is 25.7 Å². The summed E-state index contributed by atoms with van der Waals surface area (Å²) in [4.78, 5) is 14.2. The van der Waals surface area contributed by atoms with Gasteiger partial charge in [-0.15, -0.1) is 0 Å². The average Bonchev–Trinajstić information content (AvgIpc) is 2.47. The van der Waals surface area contributed by atoms with Gasteiger partial charge in [0.25, 0.3) is 0 Å². The molecule has 2 aliphatic rings. The first kappa shape index (κ1) is 15.1. The SMILES string of the molecule is O=C(CCC1CCNCC1)NCCN1CCSCC1. The van der Waals surface area contributed by atoms with E-state index >= 15 is 0 Å². The molecule has 1 amide bonds. The molecule has 0 aromatic carbocycles. The lowest BCUT2D eigenvalue weighted by molar-refractivity contribution is -0.121. The predicted molar refractivity (Wildman–Crippen MR) is 81.6 cm³/mol. The van der Waals surface area contributed by atoms with E-state index in [1.807, 2.05) is 11.8 Å². The van der Waals surface area contributed by atoms with E-state index in [-0.39, 0.29) is 5.91 Å². The molecule has 2 fully saturated rings. The van der Waals surface area contributed by atoms with Gasteiger partial charge in [0.1, 0.15) is 0 Å². The molecule has 0 saturated carbocycles. The van der Waals surface area contributed by atoms with Crippen molar-refractivity contribution in [1.82, 2.24) is 15.5 Å². The summed E-state index contributed by atoms with van der Waals surface area (Å²) in [7, 11) is 0. The molecule has 2 aliphatic heterocycles. The van der Waals surface area contributed by atoms with Crippen molar-refractivity contribution >= 4 is 17.7 Å². The summed E-state index contributed by atoms with van der Waals surface area (Å²) in [6, 6.07) is 0. The summed E-state index contributed by atoms with van der Waals surface area (Å²) in [5.41, 5.74) is 0. The van der Waals surface area contributed by atoms with Crippen LogP contribution in [0, 0.1) is 5.92 Å². The van der Waals surface area contributed by atoms with Gasteiger partial charge in [0.2, 0.25) is 5.91 Å². The van der Waals surface area contributed by atoms with Crippen molar-refractivity contribution in [3.05, 3.63) is 0 Å². The number of amides is 1. The highest BCUT2D eigenvalue weighted by molar-refractivity contribution is 7.99. The van der Waals surface area contributed by atoms with E-state index in [0.717, 1.165) is 38.5 Å². The van der Waals surface area contributed by atoms with E-state index in [9.17, 15) is 4.79 Å². The van der Waals surface area contributed by atoms with Crippen LogP contribution in [0.4, 0.5) is 0 Å². The Hall–Kier alpha value is -0.260. The summed E-state index contributed by atoms with van der Waals surface area (Å²) in [5, 5.41) is 6.43. The standard InChI is InChI=1S/C14H27N3OS/c18-14(2-1-13-3-5-15-6-4-13)16-7-8-17-9-11-19-12-10-17/h13,15H,1-12H2,(H,16,18). The van der Waals surface area contributed by atoms with Gasteiger partial charge in [0.15, 0.2) is 0 Å². The van der Waals surface area contributed by atoms with Crippen molar-refractivity contribution in [2.75, 3.05) is 50.8 Å². The van der Waals surface area contributed by atoms with E-state index in [4.69, 9.17) is 0 Å². The van der Waals surface area contributed by atoms with Crippen molar-refractivity contribution in [3.63, 3.8) is 0 Å². The fourth-order valence-electron chi connectivity index (χ4n) is 2.77. The van der Waals surface area contributed by atoms with E-state index < -0.39 is 0 Å². The van der Waals surface area contributed by atoms with Gasteiger partial charge >= 0.3 is 0 Å². The first-order chi connectivity index (χ1) is 9.34. The van der Waals surface area contributed by atoms with E-state index in [2.05, 4.69) is 15.5 Å². The van der Waals surface area contributed by atoms with E-state index in [0.29, 0.717) is 6.42 Å². The Morgan fingerprint density at radius 3 is 2.74 bits per heavy atom. The molecule has 0 aliphatic carbocycles. The van der Waals surface area contributed by atoms with E-state index in [1.165, 1.54) is 37.4 Å². The maximum Gasteiger partial charge on any atom is 0.220 e. The summed E-state index contributed by atoms with van der Waals surface area (Å²) >= 11 is 2.03. The second-order valence-corrected chi connectivity index (χ2v) is 6.76. The minimum atomic E-state index is 0.241. The molecule has 2 rings (SSSR count). The molecule has 2 N–H and O–H groups in total. The van der Waals surface area contributed by atoms with Gasteiger partial charge in [0, 0.05) is 44.1 Å². The highest BCUT2D eigenvalue weighted by Gasteiger charge is 2.14. The summed E-state index contributed by atoms with van der Waals surface area (Å²) < 4.78 is 0. The van der Waals surface area contributed by atoms with Gasteiger partial charge in [0.05, 0.1) is 0 Å². The van der Waals surface area contributed by atoms with Crippen molar-refractivity contribution in [2.45, 2.75) is 25.7 Å². The molecule has 0 radical (unpaired) electrons. The summed E-state index contributed by atoms with van der Waals surface area (Å²) in [6.45, 7) is 6.43. The molecular weight excluding hydrogens is 258 g/mol. The molecule has 5 heteroatoms. The molecule has 0 aromatic heterocycles. The van der Waals surface area contributed by atoms with Crippen molar-refractivity contribution in [3.8, 4) is 0 Å². The number of piperidine rings is 1. The highest BCUT2D eigenvalue weighted by Crippen LogP contribution is 2.17. The third kappa shape index (κ3) is 6.15. The number of nitrogens with one attached hydrogen (secondary N) is 2. The summed E-state index contributed by atoms with van der Waals surface area (Å²) in [6.07, 6.45) is 4.24. The summed E-state index contributed by atoms with van der Waals surface area (Å²) in [5.74, 6) is 3.48. The van der Waals surface area contributed by atoms with Gasteiger partial charge in [-0.1, -0.05) is 0 Å². The van der Waals surface area contributed by atoms with Crippen LogP contribution in [-0.4, -0.2) is 61.6 Å². The average molecular weight is 285 g/mol. The largest absolute Gasteiger partial charge is 0.355 e. The Morgan fingerprint density at radius 1 is 1.26 bits per heavy atom. The number of hydrogen-bond donors (Lipinski definition) is 2. The molecule has 0 atom stereocenters. The topological polar surface area (TPSA) is 44.4 Å². The Kier molecular flexibility index (Phi) is 7.03. The Bertz CT molecular complexity index is 263. The van der Waals surface area contributed by atoms with Crippen LogP contribution >= 0.6 is 11.8 Å². The third-order valence-electron chi connectivity index (χ3n) is 4.09. The Balaban J connectivity index is 1.49. The second kappa shape index (κ2) is 8.82. The Labute approximate surface area is 121 Å². The molecule has 0 unspecified atom stereocenters. The molecule has 0 bridgehead atoms. The van der Waals surface area contributed by atoms with Crippen LogP contribution < -0.4 is 10.6 Å². The molecular formula is C14H27N3OS. The molecule has 0 aromatic rings. The zero-order chi connectivity index (χ0) is 13.3. The number of thioether (sulfide) groups is 1. The van der Waals surface area contributed by atoms with Gasteiger partial charge in [-0.3, -0.25) is 9.69 Å². The number of rotatable bonds is 6. The molecule has 2 heterocycles. The van der Waals surface area contributed by atoms with Crippen LogP contribution in [0.5, 0.6) is 0 Å². The minimum Gasteiger partial charge on any atom is -0.355 e. The lowest BCUT2D eigenvalue weighted by atomic mass is 9.93. The maximum atomic E-state index is 11.8. The molecule has 4 nitrogen and oxygen atoms in total. The molecule has 0 spiro atoms. The fourth-order valence-corrected chi connectivity index (χ4v) is 3.75. The minimum absolute atomic E-state index is 0.241. The normalized spacial score (nSPS) is 22.3. The van der Waals surface area contributed by atoms with Crippen LogP contribution in [0.2, 0.25) is 0 Å². The van der Waals surface area contributed by atoms with Gasteiger partial charge in [-0.2, -0.15) is 11.8 Å². The lowest BCUT2D eigenvalue weighted by Gasteiger charge is -2.26. The smallest absolute Gasteiger partial charge is 0.220 e. The Morgan fingerprint density at radius 2 is 2.00 bits per heavy atom. The molecule has 19 heavy (non-hydrogen) atoms. The number of carbonyl (C=O) groups is 1. The molecule has 110 valence electrons. The zero-order valence-corrected chi connectivity index (χ0v) is 12.6. The van der Waals surface area contributed by atoms with Crippen LogP contribution in [-0.2, 0) is 4.79 Å². The first-order valence-electron chi connectivity index (χ1n) is 7.62. The highest BCUT2D eigenvalue weighted by atomic mass is 32.2. The zero-order valence-electron chi connectivity index (χ0n) is 11.8. The maximum absolute atomic E-state index is 11.8. The van der Waals surface area contributed by atoms with Crippen molar-refractivity contribution < 1.29 is 4.79 Å². The quantitative estimate of drug-likeness (QED) is 0.762. The lowest BCUT2D eigenvalue weighted by Crippen LogP contribution is -2.39. The van der Waals surface area contributed by atoms with Crippen LogP contribution in [0.25, 0.3) is 0 Å². The number of carbonyl (C=O) groups excluding carboxylic acids is 1. The fraction of sp³-hybridized carbons (Fsp3) is 0.929. The predicted octanol–water partition coefficient (Wildman–Crippen LogP) is 0.931. The second-order valence-electron chi connectivity index (χ2n) is 5.54. The van der Waals surface area contributed by atoms with Crippen molar-refractivity contribution in [2.24, 2.45) is 5.92 Å². The number of hydrogen-bond acceptors (Lipinski definition) is 4. The van der Waals surface area contributed by atoms with Crippen LogP contribution in [0.15, 0.2) is 0 Å². The first-order valence-corrected chi connectivity index (χ1v) is 8.77. The van der Waals surface area contributed by atoms with Gasteiger partial charge < -0.3 is 10.6 Å². The van der Waals surface area contributed by atoms with Crippen molar-refractivity contribution in [1.29, 1.82) is 0 Å². The van der Waals surface area contributed by atoms with E-state index in [1.54, 1.807) is 0 Å².